The summed E-state index contributed by atoms with van der Waals surface area (Å²) in [5.74, 6) is 0.547. The number of hydrogen-bond acceptors (Lipinski definition) is 2. The van der Waals surface area contributed by atoms with Crippen LogP contribution < -0.4 is 10.1 Å². The van der Waals surface area contributed by atoms with E-state index in [2.05, 4.69) is 30.4 Å². The number of halogens is 1. The van der Waals surface area contributed by atoms with Crippen molar-refractivity contribution < 1.29 is 9.53 Å². The van der Waals surface area contributed by atoms with Crippen LogP contribution >= 0.6 is 11.6 Å². The number of nitrogens with one attached hydrogen (secondary N) is 1. The molecule has 138 valence electrons. The lowest BCUT2D eigenvalue weighted by atomic mass is 9.89. The predicted octanol–water partition coefficient (Wildman–Crippen LogP) is 5.17. The largest absolute Gasteiger partial charge is 0.484 e. The van der Waals surface area contributed by atoms with Crippen molar-refractivity contribution in [1.82, 2.24) is 5.32 Å². The monoisotopic (exact) mass is 371 g/mol. The Labute approximate surface area is 160 Å². The maximum Gasteiger partial charge on any atom is 0.258 e. The molecule has 0 heterocycles. The molecule has 1 unspecified atom stereocenters. The molecule has 1 amide bonds. The summed E-state index contributed by atoms with van der Waals surface area (Å²) in [4.78, 5) is 12.3. The van der Waals surface area contributed by atoms with Crippen LogP contribution in [0.2, 0.25) is 5.02 Å². The average molecular weight is 372 g/mol. The fourth-order valence-corrected chi connectivity index (χ4v) is 3.60. The molecule has 3 nitrogen and oxygen atoms in total. The van der Waals surface area contributed by atoms with Crippen molar-refractivity contribution in [2.75, 3.05) is 6.61 Å². The first-order chi connectivity index (χ1) is 12.6. The molecule has 26 heavy (non-hydrogen) atoms. The summed E-state index contributed by atoms with van der Waals surface area (Å²) in [7, 11) is 0. The highest BCUT2D eigenvalue weighted by Gasteiger charge is 2.16. The molecule has 0 saturated heterocycles. The van der Waals surface area contributed by atoms with E-state index < -0.39 is 0 Å². The minimum absolute atomic E-state index is 0.00249. The van der Waals surface area contributed by atoms with Crippen LogP contribution in [0.4, 0.5) is 0 Å². The molecule has 0 spiro atoms. The van der Waals surface area contributed by atoms with Gasteiger partial charge in [0.25, 0.3) is 5.91 Å². The number of fused-ring (bicyclic) bond motifs is 1. The van der Waals surface area contributed by atoms with E-state index in [1.54, 1.807) is 12.1 Å². The van der Waals surface area contributed by atoms with Crippen LogP contribution in [0.1, 0.15) is 54.5 Å². The van der Waals surface area contributed by atoms with Crippen LogP contribution in [0, 0.1) is 6.92 Å². The van der Waals surface area contributed by atoms with Crippen LogP contribution in [0.15, 0.2) is 36.4 Å². The zero-order valence-electron chi connectivity index (χ0n) is 15.5. The highest BCUT2D eigenvalue weighted by Crippen LogP contribution is 2.26. The first-order valence-corrected chi connectivity index (χ1v) is 9.74. The quantitative estimate of drug-likeness (QED) is 0.760. The van der Waals surface area contributed by atoms with Crippen LogP contribution in [-0.4, -0.2) is 12.5 Å². The highest BCUT2D eigenvalue weighted by molar-refractivity contribution is 6.31. The Morgan fingerprint density at radius 3 is 2.65 bits per heavy atom. The third-order valence-corrected chi connectivity index (χ3v) is 5.44. The molecule has 2 aromatic rings. The molecule has 1 N–H and O–H groups in total. The third kappa shape index (κ3) is 4.59. The van der Waals surface area contributed by atoms with Crippen molar-refractivity contribution in [1.29, 1.82) is 0 Å². The maximum absolute atomic E-state index is 12.3. The predicted molar refractivity (Wildman–Crippen MR) is 106 cm³/mol. The average Bonchev–Trinajstić information content (AvgIpc) is 2.66. The van der Waals surface area contributed by atoms with E-state index in [9.17, 15) is 4.79 Å². The van der Waals surface area contributed by atoms with Crippen molar-refractivity contribution in [2.24, 2.45) is 0 Å². The van der Waals surface area contributed by atoms with Crippen LogP contribution in [0.25, 0.3) is 0 Å². The van der Waals surface area contributed by atoms with Crippen molar-refractivity contribution >= 4 is 17.5 Å². The van der Waals surface area contributed by atoms with Crippen molar-refractivity contribution in [3.8, 4) is 5.75 Å². The van der Waals surface area contributed by atoms with Crippen LogP contribution in [0.5, 0.6) is 5.75 Å². The summed E-state index contributed by atoms with van der Waals surface area (Å²) >= 11 is 6.01. The van der Waals surface area contributed by atoms with Gasteiger partial charge in [0.2, 0.25) is 0 Å². The Bertz CT molecular complexity index is 788. The standard InChI is InChI=1S/C22H26ClNO2/c1-3-21(18-9-8-16-6-4-5-7-17(16)13-18)24-22(25)14-26-19-10-11-20(23)15(2)12-19/h8-13,21H,3-7,14H2,1-2H3,(H,24,25). The van der Waals surface area contributed by atoms with Crippen LogP contribution in [0.3, 0.4) is 0 Å². The number of hydrogen-bond donors (Lipinski definition) is 1. The minimum Gasteiger partial charge on any atom is -0.484 e. The number of carbonyl (C=O) groups is 1. The van der Waals surface area contributed by atoms with E-state index in [0.717, 1.165) is 18.4 Å². The van der Waals surface area contributed by atoms with E-state index in [-0.39, 0.29) is 18.6 Å². The first-order valence-electron chi connectivity index (χ1n) is 9.37. The second-order valence-electron chi connectivity index (χ2n) is 6.96. The molecule has 1 atom stereocenters. The van der Waals surface area contributed by atoms with E-state index in [1.165, 1.54) is 36.0 Å². The Balaban J connectivity index is 1.60. The van der Waals surface area contributed by atoms with Gasteiger partial charge in [-0.1, -0.05) is 36.7 Å². The summed E-state index contributed by atoms with van der Waals surface area (Å²) < 4.78 is 5.60. The molecule has 3 rings (SSSR count). The van der Waals surface area contributed by atoms with E-state index in [0.29, 0.717) is 10.8 Å². The van der Waals surface area contributed by atoms with Gasteiger partial charge in [0.1, 0.15) is 5.75 Å². The zero-order valence-corrected chi connectivity index (χ0v) is 16.2. The molecule has 0 bridgehead atoms. The molecule has 1 aliphatic rings. The highest BCUT2D eigenvalue weighted by atomic mass is 35.5. The summed E-state index contributed by atoms with van der Waals surface area (Å²) in [6.45, 7) is 4.01. The summed E-state index contributed by atoms with van der Waals surface area (Å²) in [5, 5.41) is 3.79. The van der Waals surface area contributed by atoms with Gasteiger partial charge in [-0.3, -0.25) is 4.79 Å². The van der Waals surface area contributed by atoms with Gasteiger partial charge in [0, 0.05) is 5.02 Å². The Morgan fingerprint density at radius 1 is 1.15 bits per heavy atom. The van der Waals surface area contributed by atoms with Gasteiger partial charge in [-0.2, -0.15) is 0 Å². The molecule has 0 fully saturated rings. The van der Waals surface area contributed by atoms with Crippen molar-refractivity contribution in [3.05, 3.63) is 63.7 Å². The first kappa shape index (κ1) is 18.8. The molecule has 0 saturated carbocycles. The second kappa shape index (κ2) is 8.59. The Hall–Kier alpha value is -2.00. The lowest BCUT2D eigenvalue weighted by Gasteiger charge is -2.22. The van der Waals surface area contributed by atoms with Gasteiger partial charge in [-0.25, -0.2) is 0 Å². The van der Waals surface area contributed by atoms with Gasteiger partial charge in [-0.05, 0) is 79.5 Å². The molecule has 2 aromatic carbocycles. The number of amides is 1. The molecule has 0 aromatic heterocycles. The fourth-order valence-electron chi connectivity index (χ4n) is 3.48. The van der Waals surface area contributed by atoms with Gasteiger partial charge < -0.3 is 10.1 Å². The van der Waals surface area contributed by atoms with E-state index in [4.69, 9.17) is 16.3 Å². The molecule has 0 radical (unpaired) electrons. The number of benzene rings is 2. The second-order valence-corrected chi connectivity index (χ2v) is 7.37. The lowest BCUT2D eigenvalue weighted by molar-refractivity contribution is -0.123. The Morgan fingerprint density at radius 2 is 1.92 bits per heavy atom. The van der Waals surface area contributed by atoms with E-state index in [1.807, 2.05) is 13.0 Å². The van der Waals surface area contributed by atoms with Crippen LogP contribution in [-0.2, 0) is 17.6 Å². The van der Waals surface area contributed by atoms with Crippen molar-refractivity contribution in [2.45, 2.75) is 52.0 Å². The third-order valence-electron chi connectivity index (χ3n) is 5.02. The number of carbonyl (C=O) groups excluding carboxylic acids is 1. The molecular formula is C22H26ClNO2. The SMILES string of the molecule is CCC(NC(=O)COc1ccc(Cl)c(C)c1)c1ccc2c(c1)CCCC2. The zero-order chi connectivity index (χ0) is 18.5. The van der Waals surface area contributed by atoms with Gasteiger partial charge in [-0.15, -0.1) is 0 Å². The number of aryl methyl sites for hydroxylation is 3. The number of ether oxygens (including phenoxy) is 1. The summed E-state index contributed by atoms with van der Waals surface area (Å²) in [5.41, 5.74) is 5.02. The maximum atomic E-state index is 12.3. The molecule has 4 heteroatoms. The van der Waals surface area contributed by atoms with Gasteiger partial charge in [0.05, 0.1) is 6.04 Å². The van der Waals surface area contributed by atoms with Gasteiger partial charge >= 0.3 is 0 Å². The topological polar surface area (TPSA) is 38.3 Å². The summed E-state index contributed by atoms with van der Waals surface area (Å²) in [6, 6.07) is 12.1. The van der Waals surface area contributed by atoms with Crippen molar-refractivity contribution in [3.63, 3.8) is 0 Å². The molecular weight excluding hydrogens is 346 g/mol. The smallest absolute Gasteiger partial charge is 0.258 e. The number of rotatable bonds is 6. The fraction of sp³-hybridized carbons (Fsp3) is 0.409. The molecule has 0 aliphatic heterocycles. The Kier molecular flexibility index (Phi) is 6.20. The van der Waals surface area contributed by atoms with E-state index >= 15 is 0 Å². The summed E-state index contributed by atoms with van der Waals surface area (Å²) in [6.07, 6.45) is 5.71. The lowest BCUT2D eigenvalue weighted by Crippen LogP contribution is -2.32. The molecule has 1 aliphatic carbocycles. The minimum atomic E-state index is -0.109. The normalized spacial score (nSPS) is 14.4. The van der Waals surface area contributed by atoms with Gasteiger partial charge in [0.15, 0.2) is 6.61 Å².